The van der Waals surface area contributed by atoms with Gasteiger partial charge in [0.15, 0.2) is 5.13 Å². The number of carbonyl (C=O) groups excluding carboxylic acids is 1. The number of benzene rings is 1. The number of piperidine rings is 1. The van der Waals surface area contributed by atoms with Crippen molar-refractivity contribution in [3.63, 3.8) is 0 Å². The molecule has 2 aromatic rings. The number of aromatic nitrogens is 1. The van der Waals surface area contributed by atoms with Crippen molar-refractivity contribution in [1.29, 1.82) is 0 Å². The Kier molecular flexibility index (Phi) is 3.88. The summed E-state index contributed by atoms with van der Waals surface area (Å²) in [4.78, 5) is 18.8. The Morgan fingerprint density at radius 1 is 1.30 bits per heavy atom. The molecule has 1 aliphatic carbocycles. The first-order valence-electron chi connectivity index (χ1n) is 7.88. The quantitative estimate of drug-likeness (QED) is 0.879. The van der Waals surface area contributed by atoms with Gasteiger partial charge in [0, 0.05) is 30.6 Å². The number of fused-ring (bicyclic) bond motifs is 1. The topological polar surface area (TPSA) is 65.5 Å². The second-order valence-electron chi connectivity index (χ2n) is 6.32. The van der Waals surface area contributed by atoms with Gasteiger partial charge in [-0.05, 0) is 17.8 Å². The molecule has 120 valence electrons. The van der Waals surface area contributed by atoms with Gasteiger partial charge < -0.3 is 10.4 Å². The number of likely N-dealkylation sites (tertiary alicyclic amines) is 1. The molecule has 1 unspecified atom stereocenters. The highest BCUT2D eigenvalue weighted by molar-refractivity contribution is 7.14. The lowest BCUT2D eigenvalue weighted by molar-refractivity contribution is -0.117. The van der Waals surface area contributed by atoms with E-state index < -0.39 is 0 Å². The van der Waals surface area contributed by atoms with Gasteiger partial charge in [-0.15, -0.1) is 11.3 Å². The highest BCUT2D eigenvalue weighted by Crippen LogP contribution is 2.51. The lowest BCUT2D eigenvalue weighted by Gasteiger charge is -2.17. The number of aliphatic hydroxyl groups excluding tert-OH is 1. The zero-order valence-electron chi connectivity index (χ0n) is 12.7. The van der Waals surface area contributed by atoms with Gasteiger partial charge in [0.05, 0.1) is 12.2 Å². The minimum absolute atomic E-state index is 0.0131. The monoisotopic (exact) mass is 329 g/mol. The molecule has 1 aliphatic heterocycles. The van der Waals surface area contributed by atoms with E-state index >= 15 is 0 Å². The number of carbonyl (C=O) groups is 1. The van der Waals surface area contributed by atoms with E-state index in [0.29, 0.717) is 29.4 Å². The molecule has 2 fully saturated rings. The molecule has 1 saturated heterocycles. The first kappa shape index (κ1) is 14.8. The van der Waals surface area contributed by atoms with Crippen LogP contribution in [0.1, 0.15) is 0 Å². The van der Waals surface area contributed by atoms with E-state index in [9.17, 15) is 4.79 Å². The maximum absolute atomic E-state index is 12.2. The first-order valence-corrected chi connectivity index (χ1v) is 8.76. The molecule has 6 heteroatoms. The van der Waals surface area contributed by atoms with E-state index in [0.717, 1.165) is 24.3 Å². The van der Waals surface area contributed by atoms with Crippen molar-refractivity contribution in [2.45, 2.75) is 0 Å². The van der Waals surface area contributed by atoms with Gasteiger partial charge in [0.1, 0.15) is 0 Å². The fourth-order valence-corrected chi connectivity index (χ4v) is 4.31. The number of nitrogens with zero attached hydrogens (tertiary/aromatic N) is 2. The van der Waals surface area contributed by atoms with Crippen LogP contribution in [-0.4, -0.2) is 47.1 Å². The third kappa shape index (κ3) is 3.02. The lowest BCUT2D eigenvalue weighted by atomic mass is 10.2. The Morgan fingerprint density at radius 3 is 2.74 bits per heavy atom. The molecule has 4 rings (SSSR count). The molecule has 0 bridgehead atoms. The standard InChI is InChI=1S/C17H19N3O2S/c21-9-14-12-6-20(7-13(12)14)8-16(22)19-17-18-15(10-23-17)11-4-2-1-3-5-11/h1-5,10,12-14,21H,6-9H2,(H,18,19,22)/t12-,13+,14?. The van der Waals surface area contributed by atoms with Gasteiger partial charge in [0.25, 0.3) is 0 Å². The maximum Gasteiger partial charge on any atom is 0.240 e. The fraction of sp³-hybridized carbons (Fsp3) is 0.412. The van der Waals surface area contributed by atoms with E-state index in [1.54, 1.807) is 0 Å². The highest BCUT2D eigenvalue weighted by atomic mass is 32.1. The second-order valence-corrected chi connectivity index (χ2v) is 7.18. The molecular weight excluding hydrogens is 310 g/mol. The Morgan fingerprint density at radius 2 is 2.04 bits per heavy atom. The zero-order valence-corrected chi connectivity index (χ0v) is 13.5. The number of hydrogen-bond acceptors (Lipinski definition) is 5. The zero-order chi connectivity index (χ0) is 15.8. The summed E-state index contributed by atoms with van der Waals surface area (Å²) in [6.07, 6.45) is 0. The molecule has 2 aliphatic rings. The summed E-state index contributed by atoms with van der Waals surface area (Å²) < 4.78 is 0. The van der Waals surface area contributed by atoms with Crippen molar-refractivity contribution in [3.05, 3.63) is 35.7 Å². The second kappa shape index (κ2) is 6.03. The Balaban J connectivity index is 1.31. The van der Waals surface area contributed by atoms with E-state index in [-0.39, 0.29) is 12.5 Å². The highest BCUT2D eigenvalue weighted by Gasteiger charge is 2.55. The summed E-state index contributed by atoms with van der Waals surface area (Å²) in [6, 6.07) is 9.94. The molecule has 1 aromatic heterocycles. The van der Waals surface area contributed by atoms with Crippen LogP contribution in [0.25, 0.3) is 11.3 Å². The summed E-state index contributed by atoms with van der Waals surface area (Å²) in [7, 11) is 0. The Bertz CT molecular complexity index is 691. The van der Waals surface area contributed by atoms with Crippen LogP contribution in [0.2, 0.25) is 0 Å². The molecule has 5 nitrogen and oxygen atoms in total. The van der Waals surface area contributed by atoms with Crippen LogP contribution in [0, 0.1) is 17.8 Å². The van der Waals surface area contributed by atoms with Crippen LogP contribution in [0.4, 0.5) is 5.13 Å². The normalized spacial score (nSPS) is 26.0. The van der Waals surface area contributed by atoms with Gasteiger partial charge in [-0.2, -0.15) is 0 Å². The third-order valence-electron chi connectivity index (χ3n) is 4.85. The molecule has 2 N–H and O–H groups in total. The van der Waals surface area contributed by atoms with Crippen LogP contribution in [0.15, 0.2) is 35.7 Å². The number of hydrogen-bond donors (Lipinski definition) is 2. The summed E-state index contributed by atoms with van der Waals surface area (Å²) in [6.45, 7) is 2.55. The molecule has 0 spiro atoms. The van der Waals surface area contributed by atoms with E-state index in [2.05, 4.69) is 15.2 Å². The molecule has 0 radical (unpaired) electrons. The van der Waals surface area contributed by atoms with Crippen molar-refractivity contribution in [1.82, 2.24) is 9.88 Å². The Labute approximate surface area is 139 Å². The number of nitrogens with one attached hydrogen (secondary N) is 1. The van der Waals surface area contributed by atoms with Crippen molar-refractivity contribution in [2.24, 2.45) is 17.8 Å². The summed E-state index contributed by atoms with van der Waals surface area (Å²) >= 11 is 1.45. The van der Waals surface area contributed by atoms with Crippen LogP contribution in [0.5, 0.6) is 0 Å². The van der Waals surface area contributed by atoms with Crippen molar-refractivity contribution < 1.29 is 9.90 Å². The van der Waals surface area contributed by atoms with Gasteiger partial charge in [-0.1, -0.05) is 30.3 Å². The Hall–Kier alpha value is -1.76. The lowest BCUT2D eigenvalue weighted by Crippen LogP contribution is -2.33. The molecule has 1 saturated carbocycles. The SMILES string of the molecule is O=C(CN1C[C@@H]2C(CO)[C@@H]2C1)Nc1nc(-c2ccccc2)cs1. The number of anilines is 1. The van der Waals surface area contributed by atoms with Crippen molar-refractivity contribution in [2.75, 3.05) is 31.6 Å². The van der Waals surface area contributed by atoms with Gasteiger partial charge in [-0.3, -0.25) is 9.69 Å². The summed E-state index contributed by atoms with van der Waals surface area (Å²) in [5, 5.41) is 14.7. The van der Waals surface area contributed by atoms with Crippen LogP contribution >= 0.6 is 11.3 Å². The van der Waals surface area contributed by atoms with Crippen molar-refractivity contribution in [3.8, 4) is 11.3 Å². The van der Waals surface area contributed by atoms with E-state index in [4.69, 9.17) is 5.11 Å². The number of rotatable bonds is 5. The average Bonchev–Trinajstić information content (AvgIpc) is 2.92. The predicted octanol–water partition coefficient (Wildman–Crippen LogP) is 1.92. The van der Waals surface area contributed by atoms with Crippen LogP contribution in [-0.2, 0) is 4.79 Å². The number of amides is 1. The predicted molar refractivity (Wildman–Crippen MR) is 90.2 cm³/mol. The molecule has 23 heavy (non-hydrogen) atoms. The minimum Gasteiger partial charge on any atom is -0.396 e. The molecule has 3 atom stereocenters. The molecule has 1 amide bonds. The summed E-state index contributed by atoms with van der Waals surface area (Å²) in [5.41, 5.74) is 1.94. The molecule has 1 aromatic carbocycles. The molecular formula is C17H19N3O2S. The number of thiazole rings is 1. The van der Waals surface area contributed by atoms with Gasteiger partial charge >= 0.3 is 0 Å². The van der Waals surface area contributed by atoms with Crippen molar-refractivity contribution >= 4 is 22.4 Å². The van der Waals surface area contributed by atoms with E-state index in [1.165, 1.54) is 11.3 Å². The fourth-order valence-electron chi connectivity index (χ4n) is 3.57. The smallest absolute Gasteiger partial charge is 0.240 e. The minimum atomic E-state index is -0.0131. The third-order valence-corrected chi connectivity index (χ3v) is 5.60. The molecule has 2 heterocycles. The van der Waals surface area contributed by atoms with E-state index in [1.807, 2.05) is 35.7 Å². The van der Waals surface area contributed by atoms with Gasteiger partial charge in [-0.25, -0.2) is 4.98 Å². The summed E-state index contributed by atoms with van der Waals surface area (Å²) in [5.74, 6) is 1.65. The van der Waals surface area contributed by atoms with Gasteiger partial charge in [0.2, 0.25) is 5.91 Å². The first-order chi connectivity index (χ1) is 11.2. The van der Waals surface area contributed by atoms with Crippen LogP contribution in [0.3, 0.4) is 0 Å². The maximum atomic E-state index is 12.2. The largest absolute Gasteiger partial charge is 0.396 e. The number of aliphatic hydroxyl groups is 1. The average molecular weight is 329 g/mol. The van der Waals surface area contributed by atoms with Crippen LogP contribution < -0.4 is 5.32 Å².